The number of aliphatic hydroxyl groups is 1. The Labute approximate surface area is 132 Å². The fourth-order valence-electron chi connectivity index (χ4n) is 2.37. The lowest BCUT2D eigenvalue weighted by molar-refractivity contribution is 0.00680. The molecule has 122 valence electrons. The Kier molecular flexibility index (Phi) is 5.35. The molecular formula is C17H26N2O3. The summed E-state index contributed by atoms with van der Waals surface area (Å²) >= 11 is 0. The average Bonchev–Trinajstić information content (AvgIpc) is 2.67. The molecule has 0 radical (unpaired) electrons. The van der Waals surface area contributed by atoms with Crippen molar-refractivity contribution in [3.05, 3.63) is 23.4 Å². The van der Waals surface area contributed by atoms with Crippen LogP contribution in [0.15, 0.2) is 11.6 Å². The number of hydrogen-bond donors (Lipinski definition) is 1. The minimum Gasteiger partial charge on any atom is -0.456 e. The van der Waals surface area contributed by atoms with Gasteiger partial charge in [0.15, 0.2) is 0 Å². The molecule has 0 fully saturated rings. The fourth-order valence-corrected chi connectivity index (χ4v) is 2.37. The van der Waals surface area contributed by atoms with E-state index < -0.39 is 17.7 Å². The maximum Gasteiger partial charge on any atom is 0.341 e. The zero-order valence-corrected chi connectivity index (χ0v) is 14.3. The molecule has 5 heteroatoms. The summed E-state index contributed by atoms with van der Waals surface area (Å²) in [4.78, 5) is 16.6. The summed E-state index contributed by atoms with van der Waals surface area (Å²) in [6, 6.07) is -0.254. The second-order valence-electron chi connectivity index (χ2n) is 6.41. The Morgan fingerprint density at radius 1 is 1.41 bits per heavy atom. The highest BCUT2D eigenvalue weighted by atomic mass is 16.6. The molecule has 2 atom stereocenters. The molecule has 0 aliphatic heterocycles. The first-order chi connectivity index (χ1) is 10.0. The molecule has 1 rings (SSSR count). The highest BCUT2D eigenvalue weighted by Gasteiger charge is 2.29. The third kappa shape index (κ3) is 3.47. The molecule has 22 heavy (non-hydrogen) atoms. The Bertz CT molecular complexity index is 592. The lowest BCUT2D eigenvalue weighted by Gasteiger charge is -2.21. The van der Waals surface area contributed by atoms with Gasteiger partial charge in [-0.05, 0) is 48.3 Å². The van der Waals surface area contributed by atoms with Crippen molar-refractivity contribution in [3.8, 4) is 0 Å². The largest absolute Gasteiger partial charge is 0.456 e. The molecule has 5 nitrogen and oxygen atoms in total. The van der Waals surface area contributed by atoms with Gasteiger partial charge in [0, 0.05) is 11.3 Å². The lowest BCUT2D eigenvalue weighted by Crippen LogP contribution is -2.25. The number of esters is 1. The van der Waals surface area contributed by atoms with Crippen LogP contribution in [0.5, 0.6) is 0 Å². The Morgan fingerprint density at radius 3 is 2.32 bits per heavy atom. The van der Waals surface area contributed by atoms with Gasteiger partial charge in [-0.2, -0.15) is 0 Å². The van der Waals surface area contributed by atoms with E-state index in [1.54, 1.807) is 24.5 Å². The second-order valence-corrected chi connectivity index (χ2v) is 6.41. The van der Waals surface area contributed by atoms with E-state index in [0.717, 1.165) is 0 Å². The highest BCUT2D eigenvalue weighted by Crippen LogP contribution is 2.35. The van der Waals surface area contributed by atoms with Crippen molar-refractivity contribution in [2.75, 3.05) is 0 Å². The van der Waals surface area contributed by atoms with Crippen molar-refractivity contribution in [3.63, 3.8) is 0 Å². The molecular weight excluding hydrogens is 280 g/mol. The van der Waals surface area contributed by atoms with Crippen LogP contribution in [0.1, 0.15) is 62.3 Å². The third-order valence-corrected chi connectivity index (χ3v) is 3.52. The van der Waals surface area contributed by atoms with Crippen LogP contribution >= 0.6 is 0 Å². The number of carbonyl (C=O) groups excluding carboxylic acids is 1. The minimum absolute atomic E-state index is 0.254. The third-order valence-electron chi connectivity index (χ3n) is 3.52. The molecule has 1 aromatic rings. The molecule has 0 amide bonds. The number of carbonyl (C=O) groups is 1. The molecule has 1 aromatic heterocycles. The van der Waals surface area contributed by atoms with Crippen LogP contribution in [-0.4, -0.2) is 34.1 Å². The van der Waals surface area contributed by atoms with Gasteiger partial charge < -0.3 is 14.4 Å². The summed E-state index contributed by atoms with van der Waals surface area (Å²) in [6.07, 6.45) is 0.970. The van der Waals surface area contributed by atoms with Crippen molar-refractivity contribution >= 4 is 24.6 Å². The summed E-state index contributed by atoms with van der Waals surface area (Å²) in [5.74, 6) is 0.0862. The monoisotopic (exact) mass is 306 g/mol. The zero-order chi connectivity index (χ0) is 17.2. The standard InChI is InChI=1S/C17H26N2O3/c1-9-13-14(16(21)22-17(5,6)7)11(3)19(15(13)18-8)10(2)12(4)20/h9-10,12,20H,1,8H2,2-7H3. The smallest absolute Gasteiger partial charge is 0.341 e. The van der Waals surface area contributed by atoms with Gasteiger partial charge in [-0.15, -0.1) is 0 Å². The first-order valence-corrected chi connectivity index (χ1v) is 7.30. The van der Waals surface area contributed by atoms with Gasteiger partial charge in [0.2, 0.25) is 0 Å². The van der Waals surface area contributed by atoms with E-state index in [0.29, 0.717) is 22.6 Å². The molecule has 0 aliphatic rings. The number of aliphatic imine (C=N–C) groups is 1. The maximum atomic E-state index is 12.5. The number of nitrogens with zero attached hydrogens (tertiary/aromatic N) is 2. The molecule has 0 aliphatic carbocycles. The normalized spacial score (nSPS) is 14.3. The molecule has 1 N–H and O–H groups in total. The molecule has 0 saturated carbocycles. The van der Waals surface area contributed by atoms with Crippen LogP contribution in [0.2, 0.25) is 0 Å². The van der Waals surface area contributed by atoms with E-state index >= 15 is 0 Å². The first kappa shape index (κ1) is 18.2. The van der Waals surface area contributed by atoms with Gasteiger partial charge in [0.1, 0.15) is 11.4 Å². The second kappa shape index (κ2) is 6.48. The van der Waals surface area contributed by atoms with Crippen molar-refractivity contribution < 1.29 is 14.6 Å². The van der Waals surface area contributed by atoms with E-state index in [1.807, 2.05) is 27.7 Å². The summed E-state index contributed by atoms with van der Waals surface area (Å²) in [5.41, 5.74) is 1.08. The van der Waals surface area contributed by atoms with Gasteiger partial charge in [-0.1, -0.05) is 12.7 Å². The number of ether oxygens (including phenoxy) is 1. The van der Waals surface area contributed by atoms with Crippen molar-refractivity contribution in [1.29, 1.82) is 0 Å². The van der Waals surface area contributed by atoms with Crippen LogP contribution in [0, 0.1) is 6.92 Å². The van der Waals surface area contributed by atoms with Crippen LogP contribution in [0.3, 0.4) is 0 Å². The lowest BCUT2D eigenvalue weighted by atomic mass is 10.1. The predicted molar refractivity (Wildman–Crippen MR) is 90.0 cm³/mol. The molecule has 0 spiro atoms. The first-order valence-electron chi connectivity index (χ1n) is 7.30. The Morgan fingerprint density at radius 2 is 1.95 bits per heavy atom. The Hall–Kier alpha value is -1.88. The molecule has 0 aromatic carbocycles. The van der Waals surface area contributed by atoms with Crippen LogP contribution < -0.4 is 0 Å². The van der Waals surface area contributed by atoms with Crippen molar-refractivity contribution in [2.45, 2.75) is 59.3 Å². The number of hydrogen-bond acceptors (Lipinski definition) is 4. The quantitative estimate of drug-likeness (QED) is 0.667. The number of aromatic nitrogens is 1. The Balaban J connectivity index is 3.56. The van der Waals surface area contributed by atoms with Gasteiger partial charge in [0.05, 0.1) is 17.7 Å². The van der Waals surface area contributed by atoms with Gasteiger partial charge in [0.25, 0.3) is 0 Å². The summed E-state index contributed by atoms with van der Waals surface area (Å²) < 4.78 is 7.28. The summed E-state index contributed by atoms with van der Waals surface area (Å²) in [5, 5.41) is 9.89. The van der Waals surface area contributed by atoms with E-state index in [4.69, 9.17) is 4.74 Å². The zero-order valence-electron chi connectivity index (χ0n) is 14.3. The van der Waals surface area contributed by atoms with Crippen LogP contribution in [-0.2, 0) is 4.74 Å². The van der Waals surface area contributed by atoms with Crippen LogP contribution in [0.25, 0.3) is 6.08 Å². The average molecular weight is 306 g/mol. The highest BCUT2D eigenvalue weighted by molar-refractivity contribution is 5.97. The fraction of sp³-hybridized carbons (Fsp3) is 0.529. The van der Waals surface area contributed by atoms with Gasteiger partial charge in [-0.3, -0.25) is 0 Å². The molecule has 1 heterocycles. The van der Waals surface area contributed by atoms with Crippen molar-refractivity contribution in [1.82, 2.24) is 4.57 Å². The molecule has 0 bridgehead atoms. The maximum absolute atomic E-state index is 12.5. The molecule has 2 unspecified atom stereocenters. The van der Waals surface area contributed by atoms with Crippen LogP contribution in [0.4, 0.5) is 5.82 Å². The number of aliphatic hydroxyl groups excluding tert-OH is 1. The van der Waals surface area contributed by atoms with E-state index in [-0.39, 0.29) is 6.04 Å². The predicted octanol–water partition coefficient (Wildman–Crippen LogP) is 3.67. The minimum atomic E-state index is -0.601. The van der Waals surface area contributed by atoms with E-state index in [2.05, 4.69) is 18.3 Å². The molecule has 0 saturated heterocycles. The van der Waals surface area contributed by atoms with E-state index in [1.165, 1.54) is 0 Å². The topological polar surface area (TPSA) is 63.8 Å². The van der Waals surface area contributed by atoms with Gasteiger partial charge in [-0.25, -0.2) is 9.79 Å². The summed E-state index contributed by atoms with van der Waals surface area (Å²) in [7, 11) is 0. The number of rotatable bonds is 5. The van der Waals surface area contributed by atoms with Crippen molar-refractivity contribution in [2.24, 2.45) is 4.99 Å². The van der Waals surface area contributed by atoms with E-state index in [9.17, 15) is 9.90 Å². The summed E-state index contributed by atoms with van der Waals surface area (Å²) in [6.45, 7) is 18.1. The van der Waals surface area contributed by atoms with Gasteiger partial charge >= 0.3 is 5.97 Å². The SMILES string of the molecule is C=Cc1c(C(=O)OC(C)(C)C)c(C)n(C(C)C(C)O)c1N=C.